The van der Waals surface area contributed by atoms with Gasteiger partial charge in [0.2, 0.25) is 0 Å². The van der Waals surface area contributed by atoms with Gasteiger partial charge in [-0.05, 0) is 49.9 Å². The summed E-state index contributed by atoms with van der Waals surface area (Å²) in [4.78, 5) is 6.30. The largest absolute Gasteiger partial charge is 0.391 e. The molecule has 2 rings (SSSR count). The highest BCUT2D eigenvalue weighted by Gasteiger charge is 2.29. The molecule has 0 saturated heterocycles. The van der Waals surface area contributed by atoms with Crippen molar-refractivity contribution in [1.29, 1.82) is 0 Å². The Bertz CT molecular complexity index is 341. The van der Waals surface area contributed by atoms with Crippen molar-refractivity contribution < 1.29 is 5.11 Å². The van der Waals surface area contributed by atoms with Crippen LogP contribution in [-0.2, 0) is 6.54 Å². The van der Waals surface area contributed by atoms with Gasteiger partial charge in [0.15, 0.2) is 0 Å². The molecule has 3 unspecified atom stereocenters. The molecule has 17 heavy (non-hydrogen) atoms. The number of rotatable bonds is 3. The number of nitrogens with zero attached hydrogens (tertiary/aromatic N) is 2. The first-order chi connectivity index (χ1) is 8.16. The Morgan fingerprint density at radius 2 is 2.06 bits per heavy atom. The highest BCUT2D eigenvalue weighted by molar-refractivity contribution is 5.09. The van der Waals surface area contributed by atoms with E-state index in [4.69, 9.17) is 0 Å². The summed E-state index contributed by atoms with van der Waals surface area (Å²) in [5, 5.41) is 10.1. The summed E-state index contributed by atoms with van der Waals surface area (Å²) < 4.78 is 0. The van der Waals surface area contributed by atoms with E-state index in [-0.39, 0.29) is 6.10 Å². The van der Waals surface area contributed by atoms with Crippen molar-refractivity contribution in [3.8, 4) is 0 Å². The van der Waals surface area contributed by atoms with Gasteiger partial charge in [-0.1, -0.05) is 6.92 Å². The van der Waals surface area contributed by atoms with E-state index >= 15 is 0 Å². The fourth-order valence-electron chi connectivity index (χ4n) is 2.70. The van der Waals surface area contributed by atoms with Crippen LogP contribution in [0.25, 0.3) is 0 Å². The van der Waals surface area contributed by atoms with Gasteiger partial charge in [-0.2, -0.15) is 0 Å². The molecule has 94 valence electrons. The van der Waals surface area contributed by atoms with E-state index in [9.17, 15) is 5.11 Å². The van der Waals surface area contributed by atoms with Crippen LogP contribution in [0.3, 0.4) is 0 Å². The third-order valence-corrected chi connectivity index (χ3v) is 3.79. The molecule has 0 aliphatic heterocycles. The minimum atomic E-state index is -0.168. The maximum Gasteiger partial charge on any atom is 0.0695 e. The molecule has 1 aromatic heterocycles. The third kappa shape index (κ3) is 3.27. The van der Waals surface area contributed by atoms with E-state index in [0.29, 0.717) is 6.04 Å². The Kier molecular flexibility index (Phi) is 4.13. The highest BCUT2D eigenvalue weighted by atomic mass is 16.3. The predicted molar refractivity (Wildman–Crippen MR) is 68.5 cm³/mol. The van der Waals surface area contributed by atoms with E-state index in [2.05, 4.69) is 23.9 Å². The summed E-state index contributed by atoms with van der Waals surface area (Å²) >= 11 is 0. The lowest BCUT2D eigenvalue weighted by atomic mass is 9.84. The Morgan fingerprint density at radius 1 is 1.35 bits per heavy atom. The van der Waals surface area contributed by atoms with Crippen molar-refractivity contribution in [1.82, 2.24) is 9.88 Å². The molecule has 3 atom stereocenters. The van der Waals surface area contributed by atoms with Crippen LogP contribution in [-0.4, -0.2) is 34.2 Å². The van der Waals surface area contributed by atoms with Crippen LogP contribution in [0.1, 0.15) is 31.7 Å². The van der Waals surface area contributed by atoms with E-state index in [1.165, 1.54) is 5.56 Å². The standard InChI is InChI=1S/C14H22N2O/c1-11-3-4-14(17)13(9-11)16(2)10-12-5-7-15-8-6-12/h5-8,11,13-14,17H,3-4,9-10H2,1-2H3. The molecule has 1 aliphatic carbocycles. The molecule has 0 bridgehead atoms. The van der Waals surface area contributed by atoms with Gasteiger partial charge in [-0.3, -0.25) is 9.88 Å². The molecule has 0 amide bonds. The molecule has 1 aromatic rings. The van der Waals surface area contributed by atoms with Crippen LogP contribution in [0.2, 0.25) is 0 Å². The Balaban J connectivity index is 1.97. The molecule has 0 spiro atoms. The first-order valence-electron chi connectivity index (χ1n) is 6.44. The van der Waals surface area contributed by atoms with Crippen LogP contribution < -0.4 is 0 Å². The first kappa shape index (κ1) is 12.5. The van der Waals surface area contributed by atoms with Crippen molar-refractivity contribution in [3.63, 3.8) is 0 Å². The first-order valence-corrected chi connectivity index (χ1v) is 6.44. The summed E-state index contributed by atoms with van der Waals surface area (Å²) in [6.07, 6.45) is 6.67. The summed E-state index contributed by atoms with van der Waals surface area (Å²) in [7, 11) is 2.10. The Hall–Kier alpha value is -0.930. The second-order valence-corrected chi connectivity index (χ2v) is 5.32. The maximum atomic E-state index is 10.1. The van der Waals surface area contributed by atoms with Crippen molar-refractivity contribution >= 4 is 0 Å². The molecule has 1 fully saturated rings. The van der Waals surface area contributed by atoms with Crippen LogP contribution in [0.5, 0.6) is 0 Å². The smallest absolute Gasteiger partial charge is 0.0695 e. The molecular weight excluding hydrogens is 212 g/mol. The molecular formula is C14H22N2O. The number of hydrogen-bond acceptors (Lipinski definition) is 3. The predicted octanol–water partition coefficient (Wildman–Crippen LogP) is 2.06. The molecule has 3 nitrogen and oxygen atoms in total. The second-order valence-electron chi connectivity index (χ2n) is 5.32. The number of aliphatic hydroxyl groups is 1. The van der Waals surface area contributed by atoms with Crippen LogP contribution in [0.4, 0.5) is 0 Å². The van der Waals surface area contributed by atoms with Gasteiger partial charge in [0.05, 0.1) is 6.10 Å². The summed E-state index contributed by atoms with van der Waals surface area (Å²) in [6, 6.07) is 4.37. The van der Waals surface area contributed by atoms with Gasteiger partial charge in [0, 0.05) is 25.0 Å². The van der Waals surface area contributed by atoms with E-state index in [1.54, 1.807) is 0 Å². The summed E-state index contributed by atoms with van der Waals surface area (Å²) in [6.45, 7) is 3.16. The molecule has 1 aliphatic rings. The lowest BCUT2D eigenvalue weighted by Gasteiger charge is -2.37. The van der Waals surface area contributed by atoms with E-state index in [0.717, 1.165) is 31.7 Å². The summed E-state index contributed by atoms with van der Waals surface area (Å²) in [5.41, 5.74) is 1.26. The number of pyridine rings is 1. The topological polar surface area (TPSA) is 36.4 Å². The molecule has 1 heterocycles. The zero-order chi connectivity index (χ0) is 12.3. The lowest BCUT2D eigenvalue weighted by molar-refractivity contribution is 0.0139. The maximum absolute atomic E-state index is 10.1. The van der Waals surface area contributed by atoms with Crippen LogP contribution in [0, 0.1) is 5.92 Å². The van der Waals surface area contributed by atoms with Gasteiger partial charge in [-0.15, -0.1) is 0 Å². The third-order valence-electron chi connectivity index (χ3n) is 3.79. The highest BCUT2D eigenvalue weighted by Crippen LogP contribution is 2.27. The fourth-order valence-corrected chi connectivity index (χ4v) is 2.70. The average molecular weight is 234 g/mol. The fraction of sp³-hybridized carbons (Fsp3) is 0.643. The molecule has 0 aromatic carbocycles. The number of aromatic nitrogens is 1. The van der Waals surface area contributed by atoms with Crippen molar-refractivity contribution in [2.45, 2.75) is 44.9 Å². The van der Waals surface area contributed by atoms with Gasteiger partial charge in [0.1, 0.15) is 0 Å². The van der Waals surface area contributed by atoms with Gasteiger partial charge >= 0.3 is 0 Å². The van der Waals surface area contributed by atoms with E-state index < -0.39 is 0 Å². The van der Waals surface area contributed by atoms with Crippen LogP contribution >= 0.6 is 0 Å². The van der Waals surface area contributed by atoms with Gasteiger partial charge < -0.3 is 5.11 Å². The number of likely N-dealkylation sites (N-methyl/N-ethyl adjacent to an activating group) is 1. The minimum Gasteiger partial charge on any atom is -0.391 e. The lowest BCUT2D eigenvalue weighted by Crippen LogP contribution is -2.44. The average Bonchev–Trinajstić information content (AvgIpc) is 2.33. The zero-order valence-corrected chi connectivity index (χ0v) is 10.7. The van der Waals surface area contributed by atoms with Crippen molar-refractivity contribution in [2.24, 2.45) is 5.92 Å². The van der Waals surface area contributed by atoms with Gasteiger partial charge in [-0.25, -0.2) is 0 Å². The molecule has 0 radical (unpaired) electrons. The summed E-state index contributed by atoms with van der Waals surface area (Å²) in [5.74, 6) is 0.725. The van der Waals surface area contributed by atoms with Gasteiger partial charge in [0.25, 0.3) is 0 Å². The second kappa shape index (κ2) is 5.61. The van der Waals surface area contributed by atoms with Crippen molar-refractivity contribution in [2.75, 3.05) is 7.05 Å². The quantitative estimate of drug-likeness (QED) is 0.869. The number of hydrogen-bond donors (Lipinski definition) is 1. The molecule has 1 N–H and O–H groups in total. The zero-order valence-electron chi connectivity index (χ0n) is 10.7. The Morgan fingerprint density at radius 3 is 2.76 bits per heavy atom. The monoisotopic (exact) mass is 234 g/mol. The van der Waals surface area contributed by atoms with Crippen molar-refractivity contribution in [3.05, 3.63) is 30.1 Å². The van der Waals surface area contributed by atoms with E-state index in [1.807, 2.05) is 24.5 Å². The molecule has 3 heteroatoms. The number of aliphatic hydroxyl groups excluding tert-OH is 1. The molecule has 1 saturated carbocycles. The van der Waals surface area contributed by atoms with Crippen LogP contribution in [0.15, 0.2) is 24.5 Å². The minimum absolute atomic E-state index is 0.168. The SMILES string of the molecule is CC1CCC(O)C(N(C)Cc2ccncc2)C1. The normalized spacial score (nSPS) is 29.5. The Labute approximate surface area is 103 Å².